The van der Waals surface area contributed by atoms with Crippen molar-refractivity contribution >= 4 is 35.2 Å². The van der Waals surface area contributed by atoms with Crippen LogP contribution in [0.4, 0.5) is 5.95 Å². The van der Waals surface area contributed by atoms with E-state index in [0.29, 0.717) is 5.95 Å². The Bertz CT molecular complexity index is 677. The molecule has 6 nitrogen and oxygen atoms in total. The lowest BCUT2D eigenvalue weighted by Gasteiger charge is -2.10. The van der Waals surface area contributed by atoms with Gasteiger partial charge in [-0.1, -0.05) is 44.4 Å². The second kappa shape index (κ2) is 10.1. The predicted molar refractivity (Wildman–Crippen MR) is 102 cm³/mol. The van der Waals surface area contributed by atoms with Crippen LogP contribution in [0.2, 0.25) is 0 Å². The van der Waals surface area contributed by atoms with E-state index in [1.54, 1.807) is 0 Å². The first-order chi connectivity index (χ1) is 10.9. The summed E-state index contributed by atoms with van der Waals surface area (Å²) >= 11 is 0. The lowest BCUT2D eigenvalue weighted by atomic mass is 10.1. The van der Waals surface area contributed by atoms with Crippen LogP contribution in [0.15, 0.2) is 29.3 Å². The van der Waals surface area contributed by atoms with Gasteiger partial charge in [0.15, 0.2) is 5.96 Å². The first-order valence-corrected chi connectivity index (χ1v) is 8.18. The number of hydrogen-bond donors (Lipinski definition) is 2. The van der Waals surface area contributed by atoms with Gasteiger partial charge in [-0.25, -0.2) is 9.97 Å². The molecule has 0 saturated carbocycles. The molecule has 0 atom stereocenters. The van der Waals surface area contributed by atoms with Crippen molar-refractivity contribution in [3.8, 4) is 0 Å². The molecule has 0 bridgehead atoms. The molecule has 7 heteroatoms. The fourth-order valence-corrected chi connectivity index (χ4v) is 2.70. The number of nitrogens with one attached hydrogen (secondary N) is 2. The standard InChI is InChI=1S/C17H23N5.ClH.H2O/c1-2-3-4-5-9-14-13-8-6-7-10-15(13)21-17(20-14)22-16-18-11-12-19-16;;/h6-8,10H,2-5,9,11-12H2,1H3,(H2,18,19,20,21,22);1H;1H2. The van der Waals surface area contributed by atoms with Crippen LogP contribution in [0.5, 0.6) is 0 Å². The van der Waals surface area contributed by atoms with E-state index in [0.717, 1.165) is 42.1 Å². The average Bonchev–Trinajstić information content (AvgIpc) is 3.04. The van der Waals surface area contributed by atoms with Crippen LogP contribution >= 0.6 is 12.4 Å². The lowest BCUT2D eigenvalue weighted by molar-refractivity contribution is 0.662. The van der Waals surface area contributed by atoms with Crippen LogP contribution in [0, 0.1) is 0 Å². The Morgan fingerprint density at radius 1 is 1.12 bits per heavy atom. The highest BCUT2D eigenvalue weighted by Gasteiger charge is 2.10. The summed E-state index contributed by atoms with van der Waals surface area (Å²) in [6.07, 6.45) is 5.97. The van der Waals surface area contributed by atoms with Crippen molar-refractivity contribution in [2.24, 2.45) is 4.99 Å². The smallest absolute Gasteiger partial charge is 0.230 e. The summed E-state index contributed by atoms with van der Waals surface area (Å²) < 4.78 is 0. The zero-order chi connectivity index (χ0) is 15.2. The Kier molecular flexibility index (Phi) is 8.43. The minimum Gasteiger partial charge on any atom is -0.412 e. The van der Waals surface area contributed by atoms with Gasteiger partial charge in [-0.05, 0) is 18.9 Å². The molecule has 24 heavy (non-hydrogen) atoms. The lowest BCUT2D eigenvalue weighted by Crippen LogP contribution is -2.27. The fraction of sp³-hybridized carbons (Fsp3) is 0.471. The third-order valence-corrected chi connectivity index (χ3v) is 3.85. The number of halogens is 1. The van der Waals surface area contributed by atoms with Gasteiger partial charge >= 0.3 is 0 Å². The summed E-state index contributed by atoms with van der Waals surface area (Å²) in [5.41, 5.74) is 2.12. The van der Waals surface area contributed by atoms with Crippen molar-refractivity contribution < 1.29 is 5.48 Å². The minimum absolute atomic E-state index is 0. The van der Waals surface area contributed by atoms with Crippen molar-refractivity contribution in [3.05, 3.63) is 30.0 Å². The normalized spacial score (nSPS) is 12.8. The van der Waals surface area contributed by atoms with E-state index in [2.05, 4.69) is 39.7 Å². The van der Waals surface area contributed by atoms with E-state index >= 15 is 0 Å². The van der Waals surface area contributed by atoms with E-state index in [-0.39, 0.29) is 17.9 Å². The van der Waals surface area contributed by atoms with Crippen molar-refractivity contribution in [3.63, 3.8) is 0 Å². The molecule has 0 fully saturated rings. The van der Waals surface area contributed by atoms with Crippen molar-refractivity contribution in [2.75, 3.05) is 18.4 Å². The largest absolute Gasteiger partial charge is 0.412 e. The highest BCUT2D eigenvalue weighted by molar-refractivity contribution is 5.94. The number of aliphatic imine (C=N–C) groups is 1. The molecule has 2 heterocycles. The quantitative estimate of drug-likeness (QED) is 0.782. The minimum atomic E-state index is 0. The Morgan fingerprint density at radius 2 is 1.96 bits per heavy atom. The molecule has 1 aromatic heterocycles. The van der Waals surface area contributed by atoms with Crippen molar-refractivity contribution in [2.45, 2.75) is 39.0 Å². The molecule has 2 aromatic rings. The number of nitrogens with zero attached hydrogens (tertiary/aromatic N) is 3. The molecule has 132 valence electrons. The maximum absolute atomic E-state index is 4.72. The molecule has 0 amide bonds. The number of rotatable bonds is 6. The van der Waals surface area contributed by atoms with Gasteiger partial charge in [0.2, 0.25) is 5.95 Å². The molecule has 0 aliphatic carbocycles. The Labute approximate surface area is 148 Å². The summed E-state index contributed by atoms with van der Waals surface area (Å²) in [6.45, 7) is 3.91. The number of hydrogen-bond acceptors (Lipinski definition) is 5. The summed E-state index contributed by atoms with van der Waals surface area (Å²) in [6, 6.07) is 8.23. The predicted octanol–water partition coefficient (Wildman–Crippen LogP) is 2.72. The summed E-state index contributed by atoms with van der Waals surface area (Å²) in [7, 11) is 0. The van der Waals surface area contributed by atoms with Gasteiger partial charge in [-0.3, -0.25) is 10.3 Å². The molecule has 1 aromatic carbocycles. The molecule has 1 aliphatic rings. The zero-order valence-corrected chi connectivity index (χ0v) is 14.8. The van der Waals surface area contributed by atoms with Gasteiger partial charge < -0.3 is 10.8 Å². The summed E-state index contributed by atoms with van der Waals surface area (Å²) in [5.74, 6) is 1.41. The molecule has 0 unspecified atom stereocenters. The van der Waals surface area contributed by atoms with Gasteiger partial charge in [0.25, 0.3) is 0 Å². The van der Waals surface area contributed by atoms with Crippen LogP contribution in [-0.4, -0.2) is 34.5 Å². The number of para-hydroxylation sites is 1. The molecular formula is C17H26ClN5O. The van der Waals surface area contributed by atoms with E-state index < -0.39 is 0 Å². The number of aromatic nitrogens is 2. The third-order valence-electron chi connectivity index (χ3n) is 3.85. The molecule has 3 rings (SSSR count). The number of aryl methyl sites for hydroxylation is 1. The number of benzene rings is 1. The molecular weight excluding hydrogens is 326 g/mol. The van der Waals surface area contributed by atoms with Crippen LogP contribution in [0.3, 0.4) is 0 Å². The van der Waals surface area contributed by atoms with Gasteiger partial charge in [0, 0.05) is 11.9 Å². The van der Waals surface area contributed by atoms with Crippen LogP contribution < -0.4 is 10.6 Å². The third kappa shape index (κ3) is 5.04. The Morgan fingerprint density at radius 3 is 2.71 bits per heavy atom. The SMILES string of the molecule is CCCCCCc1nc(NC2=NCCN2)nc2ccccc12.Cl.O. The number of fused-ring (bicyclic) bond motifs is 1. The highest BCUT2D eigenvalue weighted by Crippen LogP contribution is 2.19. The number of guanidine groups is 1. The maximum Gasteiger partial charge on any atom is 0.230 e. The first-order valence-electron chi connectivity index (χ1n) is 8.18. The molecule has 0 spiro atoms. The molecule has 4 N–H and O–H groups in total. The van der Waals surface area contributed by atoms with E-state index in [4.69, 9.17) is 4.98 Å². The topological polar surface area (TPSA) is 93.7 Å². The molecule has 0 saturated heterocycles. The van der Waals surface area contributed by atoms with Crippen LogP contribution in [0.1, 0.15) is 38.3 Å². The number of anilines is 1. The zero-order valence-electron chi connectivity index (χ0n) is 14.0. The monoisotopic (exact) mass is 351 g/mol. The van der Waals surface area contributed by atoms with Gasteiger partial charge in [0.05, 0.1) is 17.8 Å². The second-order valence-electron chi connectivity index (χ2n) is 5.60. The van der Waals surface area contributed by atoms with Crippen molar-refractivity contribution in [1.29, 1.82) is 0 Å². The van der Waals surface area contributed by atoms with E-state index in [9.17, 15) is 0 Å². The van der Waals surface area contributed by atoms with Gasteiger partial charge in [-0.2, -0.15) is 0 Å². The van der Waals surface area contributed by atoms with Gasteiger partial charge in [-0.15, -0.1) is 12.4 Å². The van der Waals surface area contributed by atoms with Crippen LogP contribution in [0.25, 0.3) is 10.9 Å². The molecule has 0 radical (unpaired) electrons. The van der Waals surface area contributed by atoms with Gasteiger partial charge in [0.1, 0.15) is 0 Å². The average molecular weight is 352 g/mol. The highest BCUT2D eigenvalue weighted by atomic mass is 35.5. The summed E-state index contributed by atoms with van der Waals surface area (Å²) in [4.78, 5) is 13.7. The summed E-state index contributed by atoms with van der Waals surface area (Å²) in [5, 5.41) is 7.54. The van der Waals surface area contributed by atoms with Crippen LogP contribution in [-0.2, 0) is 6.42 Å². The Hall–Kier alpha value is -1.92. The van der Waals surface area contributed by atoms with E-state index in [1.165, 1.54) is 25.7 Å². The Balaban J connectivity index is 0.00000144. The van der Waals surface area contributed by atoms with Crippen molar-refractivity contribution in [1.82, 2.24) is 15.3 Å². The first kappa shape index (κ1) is 20.1. The molecule has 1 aliphatic heterocycles. The fourth-order valence-electron chi connectivity index (χ4n) is 2.70. The second-order valence-corrected chi connectivity index (χ2v) is 5.60. The number of unbranched alkanes of at least 4 members (excludes halogenated alkanes) is 3. The maximum atomic E-state index is 4.72. The van der Waals surface area contributed by atoms with E-state index in [1.807, 2.05) is 12.1 Å².